The fourth-order valence-corrected chi connectivity index (χ4v) is 15.5. The Hall–Kier alpha value is -3.24. The van der Waals surface area contributed by atoms with Crippen LogP contribution in [0.3, 0.4) is 0 Å². The zero-order chi connectivity index (χ0) is 44.6. The minimum atomic E-state index is -0.829. The number of carbonyl (C=O) groups is 4. The number of esters is 1. The average Bonchev–Trinajstić information content (AvgIpc) is 3.51. The van der Waals surface area contributed by atoms with Gasteiger partial charge in [0.1, 0.15) is 18.5 Å². The number of carboxylic acid groups (broad SMARTS) is 1. The second-order valence-corrected chi connectivity index (χ2v) is 23.1. The highest BCUT2D eigenvalue weighted by Crippen LogP contribution is 2.77. The number of ketones is 1. The number of amides is 1. The number of carboxylic acids is 1. The van der Waals surface area contributed by atoms with Crippen molar-refractivity contribution < 1.29 is 38.5 Å². The fourth-order valence-electron chi connectivity index (χ4n) is 15.5. The third-order valence-corrected chi connectivity index (χ3v) is 19.4. The molecule has 1 heterocycles. The van der Waals surface area contributed by atoms with Crippen molar-refractivity contribution in [1.29, 1.82) is 0 Å². The normalized spacial score (nSPS) is 38.5. The van der Waals surface area contributed by atoms with E-state index < -0.39 is 17.3 Å². The molecule has 2 N–H and O–H groups in total. The van der Waals surface area contributed by atoms with Crippen molar-refractivity contribution >= 4 is 23.6 Å². The van der Waals surface area contributed by atoms with Gasteiger partial charge in [0.2, 0.25) is 0 Å². The summed E-state index contributed by atoms with van der Waals surface area (Å²) in [6.07, 6.45) is 9.77. The van der Waals surface area contributed by atoms with E-state index >= 15 is 0 Å². The predicted molar refractivity (Wildman–Crippen MR) is 238 cm³/mol. The number of fused-ring (bicyclic) bond motifs is 7. The van der Waals surface area contributed by atoms with E-state index in [2.05, 4.69) is 58.7 Å². The summed E-state index contributed by atoms with van der Waals surface area (Å²) in [6, 6.07) is 7.44. The standard InChI is InChI=1S/C52H76N2O8/c1-32(2)42-38(55)31-52(22-23-53-44(56)33-10-12-34(13-11-33)61-29-26-54-24-27-60-28-25-54)21-20-50(8)35(43(42)52)14-15-40-49(7)18-17-41(48(5,6)39(49)16-19-51(40,50)9)62-46(59)37-30-36(45(57)58)47(37,3)4/h10-13,32,35-37,39-41H,14-31H2,1-9H3,(H,53,56)(H,57,58)/t35-,36+,37-,39+,40-,41+,49+,50-,51-,52-/m1/s1. The number of benzene rings is 1. The van der Waals surface area contributed by atoms with Gasteiger partial charge in [0.15, 0.2) is 5.78 Å². The van der Waals surface area contributed by atoms with E-state index in [1.54, 1.807) is 0 Å². The Balaban J connectivity index is 0.945. The summed E-state index contributed by atoms with van der Waals surface area (Å²) in [7, 11) is 0. The molecule has 5 saturated carbocycles. The molecule has 1 amide bonds. The number of hydrogen-bond acceptors (Lipinski definition) is 8. The number of aliphatic carboxylic acids is 1. The summed E-state index contributed by atoms with van der Waals surface area (Å²) >= 11 is 0. The van der Waals surface area contributed by atoms with E-state index in [1.165, 1.54) is 5.57 Å². The van der Waals surface area contributed by atoms with Crippen LogP contribution in [0.4, 0.5) is 0 Å². The predicted octanol–water partition coefficient (Wildman–Crippen LogP) is 9.16. The smallest absolute Gasteiger partial charge is 0.309 e. The van der Waals surface area contributed by atoms with Crippen LogP contribution in [0, 0.1) is 68.0 Å². The third kappa shape index (κ3) is 7.27. The number of hydrogen-bond donors (Lipinski definition) is 2. The maximum absolute atomic E-state index is 14.2. The number of morpholine rings is 1. The van der Waals surface area contributed by atoms with Crippen molar-refractivity contribution in [3.05, 3.63) is 41.0 Å². The quantitative estimate of drug-likeness (QED) is 0.198. The summed E-state index contributed by atoms with van der Waals surface area (Å²) in [4.78, 5) is 55.5. The second-order valence-electron chi connectivity index (χ2n) is 23.1. The molecule has 8 rings (SSSR count). The Morgan fingerprint density at radius 2 is 1.56 bits per heavy atom. The molecule has 0 bridgehead atoms. The van der Waals surface area contributed by atoms with Gasteiger partial charge in [-0.25, -0.2) is 0 Å². The Bertz CT molecular complexity index is 1950. The number of allylic oxidation sites excluding steroid dienone is 2. The molecular formula is C52H76N2O8. The van der Waals surface area contributed by atoms with E-state index in [0.717, 1.165) is 102 Å². The molecule has 0 aromatic heterocycles. The number of rotatable bonds is 12. The summed E-state index contributed by atoms with van der Waals surface area (Å²) in [6.45, 7) is 25.9. The Kier molecular flexibility index (Phi) is 11.9. The van der Waals surface area contributed by atoms with Crippen LogP contribution < -0.4 is 10.1 Å². The Morgan fingerprint density at radius 1 is 0.855 bits per heavy atom. The van der Waals surface area contributed by atoms with Crippen LogP contribution >= 0.6 is 0 Å². The van der Waals surface area contributed by atoms with Crippen LogP contribution in [0.5, 0.6) is 5.75 Å². The monoisotopic (exact) mass is 857 g/mol. The molecule has 1 aromatic carbocycles. The first-order chi connectivity index (χ1) is 29.2. The highest BCUT2D eigenvalue weighted by Gasteiger charge is 2.70. The summed E-state index contributed by atoms with van der Waals surface area (Å²) in [5.41, 5.74) is 2.29. The van der Waals surface area contributed by atoms with Crippen LogP contribution in [0.25, 0.3) is 0 Å². The Morgan fingerprint density at radius 3 is 2.23 bits per heavy atom. The molecule has 342 valence electrons. The molecule has 10 heteroatoms. The van der Waals surface area contributed by atoms with Crippen LogP contribution in [0.1, 0.15) is 143 Å². The van der Waals surface area contributed by atoms with Crippen molar-refractivity contribution in [3.63, 3.8) is 0 Å². The van der Waals surface area contributed by atoms with Crippen LogP contribution in [-0.2, 0) is 23.9 Å². The van der Waals surface area contributed by atoms with Crippen LogP contribution in [0.15, 0.2) is 35.4 Å². The molecule has 10 nitrogen and oxygen atoms in total. The lowest BCUT2D eigenvalue weighted by Crippen LogP contribution is -2.66. The van der Waals surface area contributed by atoms with Gasteiger partial charge < -0.3 is 24.6 Å². The molecule has 0 spiro atoms. The van der Waals surface area contributed by atoms with Crippen LogP contribution in [-0.4, -0.2) is 85.7 Å². The third-order valence-electron chi connectivity index (χ3n) is 19.4. The van der Waals surface area contributed by atoms with Gasteiger partial charge in [-0.15, -0.1) is 0 Å². The first kappa shape index (κ1) is 45.3. The molecule has 1 saturated heterocycles. The lowest BCUT2D eigenvalue weighted by Gasteiger charge is -2.72. The largest absolute Gasteiger partial charge is 0.492 e. The number of nitrogens with one attached hydrogen (secondary N) is 1. The van der Waals surface area contributed by atoms with Gasteiger partial charge in [-0.2, -0.15) is 0 Å². The van der Waals surface area contributed by atoms with Crippen LogP contribution in [0.2, 0.25) is 0 Å². The lowest BCUT2D eigenvalue weighted by atomic mass is 9.33. The molecule has 1 aromatic rings. The van der Waals surface area contributed by atoms with Gasteiger partial charge >= 0.3 is 11.9 Å². The zero-order valence-electron chi connectivity index (χ0n) is 39.3. The molecule has 0 radical (unpaired) electrons. The summed E-state index contributed by atoms with van der Waals surface area (Å²) in [5.74, 6) is 0.443. The topological polar surface area (TPSA) is 131 Å². The highest BCUT2D eigenvalue weighted by atomic mass is 16.5. The van der Waals surface area contributed by atoms with Crippen molar-refractivity contribution in [2.24, 2.45) is 68.0 Å². The summed E-state index contributed by atoms with van der Waals surface area (Å²) < 4.78 is 17.9. The molecule has 62 heavy (non-hydrogen) atoms. The van der Waals surface area contributed by atoms with E-state index in [9.17, 15) is 24.3 Å². The van der Waals surface area contributed by atoms with Crippen molar-refractivity contribution in [2.75, 3.05) is 46.0 Å². The lowest BCUT2D eigenvalue weighted by molar-refractivity contribution is -0.236. The number of carbonyl (C=O) groups excluding carboxylic acids is 3. The molecule has 6 fully saturated rings. The van der Waals surface area contributed by atoms with Gasteiger partial charge in [-0.1, -0.05) is 67.9 Å². The molecule has 1 aliphatic heterocycles. The maximum Gasteiger partial charge on any atom is 0.309 e. The van der Waals surface area contributed by atoms with Gasteiger partial charge in [-0.3, -0.25) is 24.1 Å². The van der Waals surface area contributed by atoms with Gasteiger partial charge in [0.25, 0.3) is 5.91 Å². The summed E-state index contributed by atoms with van der Waals surface area (Å²) in [5, 5.41) is 12.9. The highest BCUT2D eigenvalue weighted by molar-refractivity contribution is 6.00. The second kappa shape index (κ2) is 16.3. The number of nitrogens with zero attached hydrogens (tertiary/aromatic N) is 1. The maximum atomic E-state index is 14.2. The average molecular weight is 857 g/mol. The van der Waals surface area contributed by atoms with Crippen molar-refractivity contribution in [1.82, 2.24) is 10.2 Å². The minimum Gasteiger partial charge on any atom is -0.492 e. The van der Waals surface area contributed by atoms with E-state index in [1.807, 2.05) is 38.1 Å². The van der Waals surface area contributed by atoms with E-state index in [4.69, 9.17) is 14.2 Å². The van der Waals surface area contributed by atoms with E-state index in [0.29, 0.717) is 55.1 Å². The first-order valence-electron chi connectivity index (χ1n) is 24.2. The minimum absolute atomic E-state index is 0.0344. The van der Waals surface area contributed by atoms with Gasteiger partial charge in [-0.05, 0) is 139 Å². The SMILES string of the molecule is CC(C)C1=C2[C@H]3CC[C@@H]4[C@@]5(C)CC[C@H](OC(=O)[C@H]6C[C@@H](C(=O)O)C6(C)C)C(C)(C)[C@@H]5CC[C@@]4(C)[C@]3(C)CC[C@@]2(CCNC(=O)c2ccc(OCCN3CCOCC3)cc2)CC1=O. The molecule has 0 unspecified atom stereocenters. The zero-order valence-corrected chi connectivity index (χ0v) is 39.3. The van der Waals surface area contributed by atoms with Gasteiger partial charge in [0, 0.05) is 49.0 Å². The number of Topliss-reactive ketones (excluding diaryl/α,β-unsaturated/α-hetero) is 1. The number of ether oxygens (including phenoxy) is 3. The molecule has 7 aliphatic rings. The molecule has 10 atom stereocenters. The Labute approximate surface area is 371 Å². The van der Waals surface area contributed by atoms with Crippen molar-refractivity contribution in [3.8, 4) is 5.75 Å². The first-order valence-corrected chi connectivity index (χ1v) is 24.2. The molecular weight excluding hydrogens is 781 g/mol. The van der Waals surface area contributed by atoms with Gasteiger partial charge in [0.05, 0.1) is 25.0 Å². The van der Waals surface area contributed by atoms with Crippen molar-refractivity contribution in [2.45, 2.75) is 139 Å². The van der Waals surface area contributed by atoms with E-state index in [-0.39, 0.29) is 56.9 Å². The molecule has 6 aliphatic carbocycles. The fraction of sp³-hybridized carbons (Fsp3) is 0.769.